The van der Waals surface area contributed by atoms with E-state index in [9.17, 15) is 19.8 Å². The number of ether oxygens (including phenoxy) is 6. The number of hydrogen-bond donors (Lipinski definition) is 2. The molecule has 0 amide bonds. The summed E-state index contributed by atoms with van der Waals surface area (Å²) >= 11 is 0. The lowest BCUT2D eigenvalue weighted by Crippen LogP contribution is -2.69. The SMILES string of the molecule is Cc1cc2c(c3c1C1O[C@]4(C5OCCCO5)OC1C(O)(O3)C41CO1)C(=O)c1c(O)cccc1C2=O. The van der Waals surface area contributed by atoms with Crippen molar-refractivity contribution in [1.29, 1.82) is 0 Å². The van der Waals surface area contributed by atoms with Gasteiger partial charge in [0, 0.05) is 16.7 Å². The van der Waals surface area contributed by atoms with Crippen molar-refractivity contribution in [2.75, 3.05) is 19.8 Å². The molecular formula is C25H20O10. The second-order valence-corrected chi connectivity index (χ2v) is 9.80. The molecule has 4 saturated heterocycles. The summed E-state index contributed by atoms with van der Waals surface area (Å²) in [5.41, 5.74) is -0.164. The van der Waals surface area contributed by atoms with Crippen LogP contribution in [-0.4, -0.2) is 71.2 Å². The van der Waals surface area contributed by atoms with Crippen LogP contribution in [0.2, 0.25) is 0 Å². The second-order valence-electron chi connectivity index (χ2n) is 9.80. The molecule has 10 nitrogen and oxygen atoms in total. The lowest BCUT2D eigenvalue weighted by Gasteiger charge is -2.48. The molecule has 2 aromatic carbocycles. The van der Waals surface area contributed by atoms with Gasteiger partial charge in [-0.2, -0.15) is 0 Å². The zero-order valence-electron chi connectivity index (χ0n) is 18.5. The Morgan fingerprint density at radius 1 is 1.03 bits per heavy atom. The van der Waals surface area contributed by atoms with Gasteiger partial charge < -0.3 is 38.6 Å². The highest BCUT2D eigenvalue weighted by Crippen LogP contribution is 2.70. The Hall–Kier alpha value is -2.86. The number of aromatic hydroxyl groups is 1. The molecule has 180 valence electrons. The normalized spacial score (nSPS) is 38.2. The number of aryl methyl sites for hydroxylation is 1. The molecule has 10 heteroatoms. The number of carbonyl (C=O) groups excluding carboxylic acids is 2. The van der Waals surface area contributed by atoms with Gasteiger partial charge in [0.2, 0.25) is 17.7 Å². The highest BCUT2D eigenvalue weighted by atomic mass is 16.9. The smallest absolute Gasteiger partial charge is 0.274 e. The van der Waals surface area contributed by atoms with Crippen LogP contribution in [-0.2, 0) is 23.7 Å². The summed E-state index contributed by atoms with van der Waals surface area (Å²) in [5, 5.41) is 22.3. The van der Waals surface area contributed by atoms with Gasteiger partial charge in [-0.05, 0) is 31.0 Å². The van der Waals surface area contributed by atoms with Gasteiger partial charge in [-0.25, -0.2) is 0 Å². The van der Waals surface area contributed by atoms with Crippen LogP contribution in [0.5, 0.6) is 11.5 Å². The molecule has 5 heterocycles. The predicted molar refractivity (Wildman–Crippen MR) is 112 cm³/mol. The molecule has 35 heavy (non-hydrogen) atoms. The van der Waals surface area contributed by atoms with Gasteiger partial charge in [0.05, 0.1) is 30.9 Å². The number of ketones is 2. The zero-order valence-corrected chi connectivity index (χ0v) is 18.5. The Morgan fingerprint density at radius 3 is 2.54 bits per heavy atom. The first-order valence-electron chi connectivity index (χ1n) is 11.6. The summed E-state index contributed by atoms with van der Waals surface area (Å²) in [7, 11) is 0. The van der Waals surface area contributed by atoms with Crippen LogP contribution in [0.3, 0.4) is 0 Å². The number of carbonyl (C=O) groups is 2. The van der Waals surface area contributed by atoms with E-state index in [2.05, 4.69) is 0 Å². The minimum Gasteiger partial charge on any atom is -0.507 e. The average molecular weight is 480 g/mol. The molecule has 0 radical (unpaired) electrons. The molecule has 2 aromatic rings. The van der Waals surface area contributed by atoms with Crippen molar-refractivity contribution >= 4 is 11.6 Å². The highest BCUT2D eigenvalue weighted by Gasteiger charge is 2.93. The summed E-state index contributed by atoms with van der Waals surface area (Å²) in [6.45, 7) is 2.72. The van der Waals surface area contributed by atoms with Crippen LogP contribution in [0.1, 0.15) is 55.5 Å². The van der Waals surface area contributed by atoms with Crippen LogP contribution < -0.4 is 4.74 Å². The third kappa shape index (κ3) is 2.07. The molecule has 8 rings (SSSR count). The standard InChI is InChI=1S/C25H20O10/c1-10-8-12-16(18(28)15-11(17(12)27)4-2-5-13(15)26)19-14(10)20-21-24(29,33-19)23(9-32-23)25(34-20,35-21)22-30-6-3-7-31-22/h2,4-5,8,20-22,26,29H,3,6-7,9H2,1H3/t20?,21?,23?,24?,25-/m1/s1. The first kappa shape index (κ1) is 20.3. The Kier molecular flexibility index (Phi) is 3.54. The van der Waals surface area contributed by atoms with E-state index in [1.807, 2.05) is 0 Å². The van der Waals surface area contributed by atoms with Crippen LogP contribution in [0.4, 0.5) is 0 Å². The van der Waals surface area contributed by atoms with Gasteiger partial charge in [0.1, 0.15) is 17.6 Å². The maximum atomic E-state index is 13.6. The molecule has 0 saturated carbocycles. The second kappa shape index (κ2) is 6.09. The van der Waals surface area contributed by atoms with E-state index in [4.69, 9.17) is 28.4 Å². The summed E-state index contributed by atoms with van der Waals surface area (Å²) in [4.78, 5) is 27.0. The number of benzene rings is 2. The largest absolute Gasteiger partial charge is 0.507 e. The molecule has 1 spiro atoms. The van der Waals surface area contributed by atoms with E-state index < -0.39 is 47.2 Å². The molecule has 0 aromatic heterocycles. The maximum Gasteiger partial charge on any atom is 0.274 e. The lowest BCUT2D eigenvalue weighted by atomic mass is 9.76. The fourth-order valence-corrected chi connectivity index (χ4v) is 6.38. The van der Waals surface area contributed by atoms with E-state index in [1.165, 1.54) is 18.2 Å². The molecule has 6 aliphatic rings. The first-order valence-corrected chi connectivity index (χ1v) is 11.6. The van der Waals surface area contributed by atoms with Gasteiger partial charge >= 0.3 is 0 Å². The quantitative estimate of drug-likeness (QED) is 0.490. The summed E-state index contributed by atoms with van der Waals surface area (Å²) in [6, 6.07) is 5.99. The molecule has 4 fully saturated rings. The number of hydrogen-bond acceptors (Lipinski definition) is 10. The number of aliphatic hydroxyl groups is 1. The number of rotatable bonds is 1. The highest BCUT2D eigenvalue weighted by molar-refractivity contribution is 6.30. The Labute approximate surface area is 198 Å². The van der Waals surface area contributed by atoms with Crippen LogP contribution in [0.25, 0.3) is 0 Å². The summed E-state index contributed by atoms with van der Waals surface area (Å²) in [5.74, 6) is -4.82. The van der Waals surface area contributed by atoms with E-state index in [0.29, 0.717) is 30.8 Å². The van der Waals surface area contributed by atoms with E-state index in [1.54, 1.807) is 13.0 Å². The third-order valence-electron chi connectivity index (χ3n) is 8.03. The minimum absolute atomic E-state index is 0.0227. The topological polar surface area (TPSA) is 133 Å². The fourth-order valence-electron chi connectivity index (χ4n) is 6.38. The van der Waals surface area contributed by atoms with Crippen molar-refractivity contribution in [3.63, 3.8) is 0 Å². The number of fused-ring (bicyclic) bond motifs is 8. The zero-order chi connectivity index (χ0) is 23.9. The van der Waals surface area contributed by atoms with Crippen LogP contribution >= 0.6 is 0 Å². The van der Waals surface area contributed by atoms with E-state index in [0.717, 1.165) is 0 Å². The van der Waals surface area contributed by atoms with Gasteiger partial charge in [0.15, 0.2) is 11.9 Å². The Balaban J connectivity index is 1.34. The molecule has 2 bridgehead atoms. The molecule has 2 N–H and O–H groups in total. The maximum absolute atomic E-state index is 13.6. The molecule has 5 atom stereocenters. The fraction of sp³-hybridized carbons (Fsp3) is 0.440. The minimum atomic E-state index is -2.02. The third-order valence-corrected chi connectivity index (χ3v) is 8.03. The van der Waals surface area contributed by atoms with Crippen molar-refractivity contribution in [3.05, 3.63) is 57.6 Å². The van der Waals surface area contributed by atoms with E-state index in [-0.39, 0.29) is 40.4 Å². The van der Waals surface area contributed by atoms with Gasteiger partial charge in [-0.3, -0.25) is 9.59 Å². The Morgan fingerprint density at radius 2 is 1.80 bits per heavy atom. The van der Waals surface area contributed by atoms with Crippen molar-refractivity contribution in [2.24, 2.45) is 0 Å². The molecule has 1 aliphatic carbocycles. The van der Waals surface area contributed by atoms with Crippen molar-refractivity contribution < 1.29 is 48.2 Å². The monoisotopic (exact) mass is 480 g/mol. The van der Waals surface area contributed by atoms with Gasteiger partial charge in [-0.15, -0.1) is 0 Å². The summed E-state index contributed by atoms with van der Waals surface area (Å²) in [6.07, 6.45) is -2.02. The van der Waals surface area contributed by atoms with Crippen LogP contribution in [0, 0.1) is 6.92 Å². The number of phenolic OH excluding ortho intramolecular Hbond substituents is 1. The van der Waals surface area contributed by atoms with E-state index >= 15 is 0 Å². The average Bonchev–Trinajstić information content (AvgIpc) is 3.52. The van der Waals surface area contributed by atoms with Gasteiger partial charge in [0.25, 0.3) is 11.6 Å². The Bertz CT molecular complexity index is 1370. The van der Waals surface area contributed by atoms with Gasteiger partial charge in [-0.1, -0.05) is 12.1 Å². The predicted octanol–water partition coefficient (Wildman–Crippen LogP) is 1.26. The van der Waals surface area contributed by atoms with Crippen molar-refractivity contribution in [1.82, 2.24) is 0 Å². The molecular weight excluding hydrogens is 460 g/mol. The lowest BCUT2D eigenvalue weighted by molar-refractivity contribution is -0.363. The van der Waals surface area contributed by atoms with Crippen molar-refractivity contribution in [3.8, 4) is 11.5 Å². The first-order chi connectivity index (χ1) is 16.8. The molecule has 4 unspecified atom stereocenters. The summed E-state index contributed by atoms with van der Waals surface area (Å²) < 4.78 is 36.4. The van der Waals surface area contributed by atoms with Crippen LogP contribution in [0.15, 0.2) is 24.3 Å². The number of epoxide rings is 1. The number of phenols is 1. The molecule has 5 aliphatic heterocycles. The van der Waals surface area contributed by atoms with Crippen molar-refractivity contribution in [2.45, 2.75) is 49.0 Å².